The van der Waals surface area contributed by atoms with Gasteiger partial charge in [0.1, 0.15) is 5.75 Å². The molecule has 0 fully saturated rings. The highest BCUT2D eigenvalue weighted by Gasteiger charge is 2.34. The summed E-state index contributed by atoms with van der Waals surface area (Å²) in [6.45, 7) is 3.54. The Morgan fingerprint density at radius 1 is 1.35 bits per heavy atom. The van der Waals surface area contributed by atoms with E-state index in [9.17, 15) is 24.8 Å². The molecule has 0 spiro atoms. The van der Waals surface area contributed by atoms with Gasteiger partial charge in [0.25, 0.3) is 11.2 Å². The molecule has 0 unspecified atom stereocenters. The summed E-state index contributed by atoms with van der Waals surface area (Å²) in [5.41, 5.74) is 0.475. The van der Waals surface area contributed by atoms with Gasteiger partial charge in [-0.15, -0.1) is 0 Å². The second-order valence-electron chi connectivity index (χ2n) is 8.04. The minimum Gasteiger partial charge on any atom is -0.506 e. The van der Waals surface area contributed by atoms with Crippen molar-refractivity contribution >= 4 is 45.0 Å². The maximum absolute atomic E-state index is 13.7. The average molecular weight is 588 g/mol. The Bertz CT molecular complexity index is 1690. The summed E-state index contributed by atoms with van der Waals surface area (Å²) < 4.78 is 17.8. The third-order valence-electron chi connectivity index (χ3n) is 5.80. The predicted molar refractivity (Wildman–Crippen MR) is 135 cm³/mol. The number of carbonyl (C=O) groups is 1. The maximum Gasteiger partial charge on any atom is 0.338 e. The Kier molecular flexibility index (Phi) is 6.33. The van der Waals surface area contributed by atoms with Gasteiger partial charge in [-0.2, -0.15) is 0 Å². The number of hydrogen-bond acceptors (Lipinski definition) is 10. The fourth-order valence-electron chi connectivity index (χ4n) is 4.15. The van der Waals surface area contributed by atoms with Crippen molar-refractivity contribution in [3.8, 4) is 17.2 Å². The number of aromatic nitrogens is 1. The first-order chi connectivity index (χ1) is 17.7. The van der Waals surface area contributed by atoms with Crippen molar-refractivity contribution in [2.24, 2.45) is 4.99 Å². The number of allylic oxidation sites excluding steroid dienone is 1. The van der Waals surface area contributed by atoms with E-state index in [-0.39, 0.29) is 45.0 Å². The van der Waals surface area contributed by atoms with E-state index >= 15 is 0 Å². The molecule has 1 aromatic heterocycles. The largest absolute Gasteiger partial charge is 0.506 e. The van der Waals surface area contributed by atoms with Gasteiger partial charge in [-0.05, 0) is 53.5 Å². The molecule has 190 valence electrons. The van der Waals surface area contributed by atoms with Crippen LogP contribution in [-0.4, -0.2) is 34.0 Å². The third-order valence-corrected chi connectivity index (χ3v) is 7.39. The number of benzene rings is 2. The van der Waals surface area contributed by atoms with Crippen molar-refractivity contribution in [1.82, 2.24) is 4.57 Å². The summed E-state index contributed by atoms with van der Waals surface area (Å²) in [5.74, 6) is 0.151. The normalized spacial score (nSPS) is 16.4. The first kappa shape index (κ1) is 24.7. The third kappa shape index (κ3) is 4.29. The Balaban J connectivity index is 1.74. The number of non-ortho nitro benzene ring substituents is 1. The number of carbonyl (C=O) groups excluding carboxylic acids is 1. The minimum atomic E-state index is -0.877. The molecule has 2 aromatic carbocycles. The first-order valence-corrected chi connectivity index (χ1v) is 12.6. The number of phenols is 1. The van der Waals surface area contributed by atoms with Crippen molar-refractivity contribution in [2.45, 2.75) is 19.9 Å². The molecule has 0 saturated carbocycles. The molecular formula is C24H18BrN3O8S. The lowest BCUT2D eigenvalue weighted by Gasteiger charge is -2.24. The Hall–Kier alpha value is -3.97. The number of rotatable bonds is 5. The number of ether oxygens (including phenoxy) is 3. The van der Waals surface area contributed by atoms with Gasteiger partial charge in [-0.1, -0.05) is 17.4 Å². The van der Waals surface area contributed by atoms with Crippen LogP contribution in [0.25, 0.3) is 6.08 Å². The van der Waals surface area contributed by atoms with Crippen molar-refractivity contribution in [3.63, 3.8) is 0 Å². The smallest absolute Gasteiger partial charge is 0.338 e. The van der Waals surface area contributed by atoms with E-state index in [1.54, 1.807) is 32.0 Å². The molecule has 0 amide bonds. The van der Waals surface area contributed by atoms with E-state index in [2.05, 4.69) is 20.9 Å². The van der Waals surface area contributed by atoms with Gasteiger partial charge in [0, 0.05) is 17.7 Å². The van der Waals surface area contributed by atoms with Crippen LogP contribution in [0.2, 0.25) is 0 Å². The van der Waals surface area contributed by atoms with Crippen LogP contribution < -0.4 is 24.4 Å². The van der Waals surface area contributed by atoms with Gasteiger partial charge in [-0.25, -0.2) is 9.79 Å². The molecule has 11 nitrogen and oxygen atoms in total. The molecule has 1 atom stereocenters. The number of esters is 1. The zero-order valence-electron chi connectivity index (χ0n) is 19.4. The summed E-state index contributed by atoms with van der Waals surface area (Å²) in [6.07, 6.45) is 1.36. The SMILES string of the molecule is CCOC(=O)C1=C(C)N=c2s/c(=C\c3cc([N+](=O)[O-])cc(Br)c3O)c(=O)n2[C@H]1c1ccc2c(c1)OCO2. The number of nitrogens with zero attached hydrogens (tertiary/aromatic N) is 3. The molecule has 13 heteroatoms. The number of hydrogen-bond donors (Lipinski definition) is 1. The summed E-state index contributed by atoms with van der Waals surface area (Å²) in [7, 11) is 0. The van der Waals surface area contributed by atoms with Crippen LogP contribution in [0.5, 0.6) is 17.2 Å². The topological polar surface area (TPSA) is 142 Å². The lowest BCUT2D eigenvalue weighted by atomic mass is 9.95. The molecule has 3 heterocycles. The fourth-order valence-corrected chi connectivity index (χ4v) is 5.65. The number of aromatic hydroxyl groups is 1. The lowest BCUT2D eigenvalue weighted by molar-refractivity contribution is -0.385. The quantitative estimate of drug-likeness (QED) is 0.273. The van der Waals surface area contributed by atoms with E-state index in [1.807, 2.05) is 0 Å². The van der Waals surface area contributed by atoms with E-state index < -0.39 is 22.5 Å². The number of nitro benzene ring substituents is 1. The van der Waals surface area contributed by atoms with E-state index in [1.165, 1.54) is 22.8 Å². The van der Waals surface area contributed by atoms with Crippen LogP contribution in [0, 0.1) is 10.1 Å². The molecule has 0 radical (unpaired) electrons. The van der Waals surface area contributed by atoms with Gasteiger partial charge < -0.3 is 19.3 Å². The molecule has 1 N–H and O–H groups in total. The van der Waals surface area contributed by atoms with Crippen molar-refractivity contribution in [1.29, 1.82) is 0 Å². The minimum absolute atomic E-state index is 0.0589. The van der Waals surface area contributed by atoms with Crippen molar-refractivity contribution < 1.29 is 29.0 Å². The van der Waals surface area contributed by atoms with Crippen LogP contribution in [-0.2, 0) is 9.53 Å². The van der Waals surface area contributed by atoms with E-state index in [4.69, 9.17) is 14.2 Å². The summed E-state index contributed by atoms with van der Waals surface area (Å²) in [4.78, 5) is 42.2. The van der Waals surface area contributed by atoms with Crippen LogP contribution in [0.3, 0.4) is 0 Å². The number of thiazole rings is 1. The number of nitro groups is 1. The van der Waals surface area contributed by atoms with Gasteiger partial charge in [0.05, 0.1) is 37.8 Å². The molecule has 5 rings (SSSR count). The Morgan fingerprint density at radius 2 is 2.11 bits per heavy atom. The van der Waals surface area contributed by atoms with E-state index in [0.29, 0.717) is 27.6 Å². The zero-order valence-corrected chi connectivity index (χ0v) is 21.8. The van der Waals surface area contributed by atoms with Crippen LogP contribution in [0.4, 0.5) is 5.69 Å². The van der Waals surface area contributed by atoms with Crippen molar-refractivity contribution in [3.05, 3.63) is 87.0 Å². The van der Waals surface area contributed by atoms with Gasteiger partial charge in [0.15, 0.2) is 16.3 Å². The highest BCUT2D eigenvalue weighted by Crippen LogP contribution is 2.38. The molecule has 0 saturated heterocycles. The first-order valence-electron chi connectivity index (χ1n) is 11.0. The zero-order chi connectivity index (χ0) is 26.4. The van der Waals surface area contributed by atoms with Gasteiger partial charge in [0.2, 0.25) is 6.79 Å². The lowest BCUT2D eigenvalue weighted by Crippen LogP contribution is -2.39. The number of fused-ring (bicyclic) bond motifs is 2. The predicted octanol–water partition coefficient (Wildman–Crippen LogP) is 2.90. The highest BCUT2D eigenvalue weighted by atomic mass is 79.9. The van der Waals surface area contributed by atoms with Crippen LogP contribution in [0.1, 0.15) is 31.0 Å². The number of phenolic OH excluding ortho intramolecular Hbond substituents is 1. The summed E-state index contributed by atoms with van der Waals surface area (Å²) >= 11 is 4.14. The maximum atomic E-state index is 13.7. The molecule has 0 aliphatic carbocycles. The summed E-state index contributed by atoms with van der Waals surface area (Å²) in [6, 6.07) is 6.59. The Labute approximate surface area is 220 Å². The van der Waals surface area contributed by atoms with Crippen LogP contribution >= 0.6 is 27.3 Å². The molecule has 0 bridgehead atoms. The summed E-state index contributed by atoms with van der Waals surface area (Å²) in [5, 5.41) is 21.8. The Morgan fingerprint density at radius 3 is 2.84 bits per heavy atom. The molecule has 37 heavy (non-hydrogen) atoms. The van der Waals surface area contributed by atoms with Crippen LogP contribution in [0.15, 0.2) is 55.9 Å². The van der Waals surface area contributed by atoms with Gasteiger partial charge in [-0.3, -0.25) is 19.5 Å². The standard InChI is InChI=1S/C24H18BrN3O8S/c1-3-34-23(31)19-11(2)26-24-27(20(19)12-4-5-16-17(7-12)36-10-35-16)22(30)18(37-24)8-13-6-14(28(32)33)9-15(25)21(13)29/h4-9,20,29H,3,10H2,1-2H3/b18-8-/t20-/m0/s1. The van der Waals surface area contributed by atoms with Gasteiger partial charge >= 0.3 is 5.97 Å². The molecular weight excluding hydrogens is 570 g/mol. The van der Waals surface area contributed by atoms with E-state index in [0.717, 1.165) is 11.3 Å². The van der Waals surface area contributed by atoms with Crippen molar-refractivity contribution in [2.75, 3.05) is 13.4 Å². The average Bonchev–Trinajstić information content (AvgIpc) is 3.44. The number of halogens is 1. The molecule has 3 aromatic rings. The second-order valence-corrected chi connectivity index (χ2v) is 9.90. The molecule has 2 aliphatic rings. The molecule has 2 aliphatic heterocycles. The highest BCUT2D eigenvalue weighted by molar-refractivity contribution is 9.10. The monoisotopic (exact) mass is 587 g/mol. The fraction of sp³-hybridized carbons (Fsp3) is 0.208. The second kappa shape index (κ2) is 9.48.